The van der Waals surface area contributed by atoms with E-state index in [2.05, 4.69) is 244 Å². The summed E-state index contributed by atoms with van der Waals surface area (Å²) in [7, 11) is 0. The quantitative estimate of drug-likeness (QED) is 0.0929. The molecule has 0 fully saturated rings. The van der Waals surface area contributed by atoms with Gasteiger partial charge in [0.2, 0.25) is 0 Å². The lowest BCUT2D eigenvalue weighted by molar-refractivity contribution is 0.568. The molecule has 12 aromatic rings. The van der Waals surface area contributed by atoms with Gasteiger partial charge in [0.25, 0.3) is 0 Å². The number of hydrogen-bond donors (Lipinski definition) is 0. The van der Waals surface area contributed by atoms with E-state index in [-0.39, 0.29) is 28.5 Å². The summed E-state index contributed by atoms with van der Waals surface area (Å²) in [5.74, 6) is 0. The van der Waals surface area contributed by atoms with E-state index in [4.69, 9.17) is 4.42 Å². The van der Waals surface area contributed by atoms with Crippen LogP contribution in [0.2, 0.25) is 0 Å². The number of rotatable bonds is 1. The van der Waals surface area contributed by atoms with Crippen LogP contribution in [-0.4, -0.2) is 11.3 Å². The highest BCUT2D eigenvalue weighted by atomic mass is 16.3. The Kier molecular flexibility index (Phi) is 8.59. The van der Waals surface area contributed by atoms with Crippen LogP contribution in [0, 0.1) is 0 Å². The van der Waals surface area contributed by atoms with Crippen LogP contribution in [0.4, 0.5) is 17.1 Å². The number of para-hydroxylation sites is 1. The maximum atomic E-state index is 7.10. The molecule has 2 aliphatic rings. The predicted octanol–water partition coefficient (Wildman–Crippen LogP) is 17.9. The van der Waals surface area contributed by atoms with Gasteiger partial charge in [-0.2, -0.15) is 0 Å². The summed E-state index contributed by atoms with van der Waals surface area (Å²) in [6.07, 6.45) is 0. The third kappa shape index (κ3) is 6.05. The van der Waals surface area contributed by atoms with Crippen LogP contribution in [0.15, 0.2) is 156 Å². The predicted molar refractivity (Wildman–Crippen MR) is 312 cm³/mol. The lowest BCUT2D eigenvalue weighted by Crippen LogP contribution is -2.56. The minimum absolute atomic E-state index is 0.0199. The fourth-order valence-corrected chi connectivity index (χ4v) is 12.7. The smallest absolute Gasteiger partial charge is 0.333 e. The van der Waals surface area contributed by atoms with E-state index in [1.807, 2.05) is 0 Å². The van der Waals surface area contributed by atoms with Gasteiger partial charge in [0.15, 0.2) is 0 Å². The third-order valence-corrected chi connectivity index (χ3v) is 16.6. The summed E-state index contributed by atoms with van der Waals surface area (Å²) < 4.78 is 9.85. The summed E-state index contributed by atoms with van der Waals surface area (Å²) in [4.78, 5) is 2.63. The topological polar surface area (TPSA) is 21.3 Å². The monoisotopic (exact) mass is 932 g/mol. The summed E-state index contributed by atoms with van der Waals surface area (Å²) in [5.41, 5.74) is 18.2. The maximum absolute atomic E-state index is 7.10. The number of nitrogens with zero attached hydrogens (tertiary/aromatic N) is 2. The van der Waals surface area contributed by atoms with Crippen molar-refractivity contribution >= 4 is 122 Å². The second-order valence-corrected chi connectivity index (χ2v) is 25.4. The molecule has 3 nitrogen and oxygen atoms in total. The summed E-state index contributed by atoms with van der Waals surface area (Å²) in [6.45, 7) is 28.1. The molecule has 72 heavy (non-hydrogen) atoms. The first kappa shape index (κ1) is 43.5. The Morgan fingerprint density at radius 3 is 1.53 bits per heavy atom. The molecule has 0 spiro atoms. The van der Waals surface area contributed by atoms with Crippen LogP contribution in [0.5, 0.6) is 0 Å². The zero-order valence-electron chi connectivity index (χ0n) is 43.8. The van der Waals surface area contributed by atoms with Crippen LogP contribution in [0.25, 0.3) is 98.0 Å². The Balaban J connectivity index is 1.21. The lowest BCUT2D eigenvalue weighted by atomic mass is 9.44. The molecule has 0 N–H and O–H groups in total. The highest BCUT2D eigenvalue weighted by molar-refractivity contribution is 6.90. The summed E-state index contributed by atoms with van der Waals surface area (Å²) in [6, 6.07) is 58.9. The Hall–Kier alpha value is -7.30. The van der Waals surface area contributed by atoms with E-state index in [9.17, 15) is 0 Å². The van der Waals surface area contributed by atoms with Gasteiger partial charge >= 0.3 is 6.85 Å². The van der Waals surface area contributed by atoms with Gasteiger partial charge in [0.05, 0.1) is 0 Å². The maximum Gasteiger partial charge on any atom is 0.333 e. The molecule has 0 saturated heterocycles. The van der Waals surface area contributed by atoms with Crippen LogP contribution in [0.1, 0.15) is 105 Å². The Labute approximate surface area is 423 Å². The van der Waals surface area contributed by atoms with Crippen LogP contribution in [0.3, 0.4) is 0 Å². The molecule has 0 unspecified atom stereocenters. The van der Waals surface area contributed by atoms with E-state index >= 15 is 0 Å². The number of aromatic nitrogens is 1. The number of benzene rings is 10. The fraction of sp³-hybridized carbons (Fsp3) is 0.235. The molecule has 352 valence electrons. The van der Waals surface area contributed by atoms with E-state index in [1.54, 1.807) is 0 Å². The van der Waals surface area contributed by atoms with Gasteiger partial charge in [0, 0.05) is 61.3 Å². The van der Waals surface area contributed by atoms with Gasteiger partial charge in [0.1, 0.15) is 11.2 Å². The van der Waals surface area contributed by atoms with Crippen molar-refractivity contribution in [2.24, 2.45) is 0 Å². The number of furan rings is 1. The van der Waals surface area contributed by atoms with Crippen molar-refractivity contribution < 1.29 is 4.42 Å². The van der Waals surface area contributed by atoms with Gasteiger partial charge in [-0.15, -0.1) is 0 Å². The molecule has 0 saturated carbocycles. The van der Waals surface area contributed by atoms with Crippen LogP contribution < -0.4 is 15.8 Å². The SMILES string of the molecule is CC(C)(C)c1cc(N2c3cc4cc5c6ccccc6c6ccccc6c5cc4cc3B3c4c2cc2oc5ccccc5c2c4-c2cc(C(C)(C)C)cc4c5cc(C(C)(C)C)ccc5n3c24)cc(C(C)(C)C)c1. The average molecular weight is 933 g/mol. The van der Waals surface area contributed by atoms with E-state index < -0.39 is 0 Å². The molecule has 4 heterocycles. The first-order valence-electron chi connectivity index (χ1n) is 26.1. The zero-order valence-corrected chi connectivity index (χ0v) is 43.8. The van der Waals surface area contributed by atoms with Gasteiger partial charge < -0.3 is 13.8 Å². The fourth-order valence-electron chi connectivity index (χ4n) is 12.7. The summed E-state index contributed by atoms with van der Waals surface area (Å²) in [5, 5.41) is 15.2. The normalized spacial score (nSPS) is 14.1. The van der Waals surface area contributed by atoms with Crippen molar-refractivity contribution in [3.05, 3.63) is 174 Å². The molecule has 10 aromatic carbocycles. The number of fused-ring (bicyclic) bond motifs is 18. The van der Waals surface area contributed by atoms with Crippen molar-refractivity contribution in [1.29, 1.82) is 0 Å². The average Bonchev–Trinajstić information content (AvgIpc) is 3.88. The van der Waals surface area contributed by atoms with Gasteiger partial charge in [-0.1, -0.05) is 168 Å². The van der Waals surface area contributed by atoms with Gasteiger partial charge in [-0.05, 0) is 164 Å². The molecule has 4 heteroatoms. The van der Waals surface area contributed by atoms with Crippen molar-refractivity contribution in [2.75, 3.05) is 4.90 Å². The standard InChI is InChI=1S/C68H61BN2O/c1-65(2,3)40-25-26-56-52(34-40)53-35-43(68(10,11)12)36-54-62-61-49-23-17-18-24-59(49)72-60(61)37-58-63(62)69(71(56)64(53)54)55-29-38-27-50-47-21-15-13-19-45(47)46-20-14-16-22-48(46)51(50)28-39(38)30-57(55)70(58)44-32-41(66(4,5)6)31-42(33-44)67(7,8)9/h13-37H,1-12H3. The molecule has 0 bridgehead atoms. The first-order valence-corrected chi connectivity index (χ1v) is 26.1. The Morgan fingerprint density at radius 1 is 0.403 bits per heavy atom. The first-order chi connectivity index (χ1) is 34.2. The minimum Gasteiger partial charge on any atom is -0.456 e. The molecule has 2 aliphatic heterocycles. The van der Waals surface area contributed by atoms with E-state index in [0.717, 1.165) is 16.6 Å². The van der Waals surface area contributed by atoms with Gasteiger partial charge in [-0.25, -0.2) is 0 Å². The number of anilines is 3. The highest BCUT2D eigenvalue weighted by Gasteiger charge is 2.45. The number of hydrogen-bond acceptors (Lipinski definition) is 2. The Bertz CT molecular complexity index is 4350. The van der Waals surface area contributed by atoms with Gasteiger partial charge in [-0.3, -0.25) is 0 Å². The third-order valence-electron chi connectivity index (χ3n) is 16.6. The molecule has 0 atom stereocenters. The van der Waals surface area contributed by atoms with E-state index in [1.165, 1.54) is 132 Å². The van der Waals surface area contributed by atoms with Crippen molar-refractivity contribution in [1.82, 2.24) is 4.48 Å². The second-order valence-electron chi connectivity index (χ2n) is 25.4. The van der Waals surface area contributed by atoms with Crippen molar-refractivity contribution in [3.63, 3.8) is 0 Å². The second kappa shape index (κ2) is 14.2. The molecular weight excluding hydrogens is 872 g/mol. The molecule has 0 aliphatic carbocycles. The van der Waals surface area contributed by atoms with Crippen LogP contribution in [-0.2, 0) is 21.7 Å². The Morgan fingerprint density at radius 2 is 0.931 bits per heavy atom. The summed E-state index contributed by atoms with van der Waals surface area (Å²) >= 11 is 0. The molecule has 14 rings (SSSR count). The highest BCUT2D eigenvalue weighted by Crippen LogP contribution is 2.52. The van der Waals surface area contributed by atoms with Crippen LogP contribution >= 0.6 is 0 Å². The van der Waals surface area contributed by atoms with Crippen molar-refractivity contribution in [3.8, 4) is 11.1 Å². The van der Waals surface area contributed by atoms with E-state index in [0.29, 0.717) is 0 Å². The zero-order chi connectivity index (χ0) is 49.7. The molecule has 0 radical (unpaired) electrons. The minimum atomic E-state index is -0.144. The lowest BCUT2D eigenvalue weighted by Gasteiger charge is -2.41. The molecule has 2 aromatic heterocycles. The molecule has 0 amide bonds. The molecular formula is C68H61BN2O. The largest absolute Gasteiger partial charge is 0.456 e. The van der Waals surface area contributed by atoms with Crippen molar-refractivity contribution in [2.45, 2.75) is 105 Å².